The number of likely N-dealkylation sites (tertiary alicyclic amines) is 1. The number of halogens is 1. The van der Waals surface area contributed by atoms with Gasteiger partial charge in [0.1, 0.15) is 10.1 Å². The summed E-state index contributed by atoms with van der Waals surface area (Å²) >= 11 is 6.45. The highest BCUT2D eigenvalue weighted by Gasteiger charge is 2.33. The summed E-state index contributed by atoms with van der Waals surface area (Å²) in [6.45, 7) is 1.20. The Balaban J connectivity index is 1.55. The van der Waals surface area contributed by atoms with Crippen LogP contribution in [0, 0.1) is 11.7 Å². The van der Waals surface area contributed by atoms with E-state index in [-0.39, 0.29) is 42.4 Å². The molecule has 0 unspecified atom stereocenters. The molecule has 2 aliphatic heterocycles. The Morgan fingerprint density at radius 3 is 2.50 bits per heavy atom. The zero-order chi connectivity index (χ0) is 20.3. The number of hydrogen-bond donors (Lipinski definition) is 1. The van der Waals surface area contributed by atoms with Crippen LogP contribution in [0.4, 0.5) is 4.39 Å². The minimum absolute atomic E-state index is 0.0699. The first kappa shape index (κ1) is 20.5. The second-order valence-corrected chi connectivity index (χ2v) is 8.37. The van der Waals surface area contributed by atoms with Crippen LogP contribution in [0.1, 0.15) is 24.8 Å². The molecular formula is C19H20FN3O3S2. The summed E-state index contributed by atoms with van der Waals surface area (Å²) in [6.07, 6.45) is 2.97. The molecule has 6 nitrogen and oxygen atoms in total. The highest BCUT2D eigenvalue weighted by atomic mass is 32.2. The van der Waals surface area contributed by atoms with Crippen molar-refractivity contribution >= 4 is 52.1 Å². The van der Waals surface area contributed by atoms with Crippen molar-refractivity contribution < 1.29 is 18.8 Å². The fourth-order valence-corrected chi connectivity index (χ4v) is 4.49. The third kappa shape index (κ3) is 4.77. The van der Waals surface area contributed by atoms with Crippen molar-refractivity contribution in [2.75, 3.05) is 19.6 Å². The maximum absolute atomic E-state index is 13.0. The summed E-state index contributed by atoms with van der Waals surface area (Å²) in [6, 6.07) is 5.82. The second kappa shape index (κ2) is 8.83. The molecule has 2 fully saturated rings. The summed E-state index contributed by atoms with van der Waals surface area (Å²) in [4.78, 5) is 39.8. The molecule has 3 amide bonds. The quantitative estimate of drug-likeness (QED) is 0.582. The molecular weight excluding hydrogens is 401 g/mol. The molecule has 2 saturated heterocycles. The first-order valence-electron chi connectivity index (χ1n) is 8.93. The number of primary amides is 1. The van der Waals surface area contributed by atoms with Crippen LogP contribution in [-0.2, 0) is 14.4 Å². The molecule has 2 heterocycles. The Kier molecular flexibility index (Phi) is 6.46. The third-order valence-electron chi connectivity index (χ3n) is 4.84. The van der Waals surface area contributed by atoms with Crippen molar-refractivity contribution in [2.24, 2.45) is 11.7 Å². The van der Waals surface area contributed by atoms with Crippen molar-refractivity contribution in [1.29, 1.82) is 0 Å². The Bertz CT molecular complexity index is 833. The molecule has 3 rings (SSSR count). The van der Waals surface area contributed by atoms with Gasteiger partial charge in [-0.1, -0.05) is 36.1 Å². The van der Waals surface area contributed by atoms with Crippen LogP contribution in [-0.4, -0.2) is 51.5 Å². The van der Waals surface area contributed by atoms with Gasteiger partial charge in [-0.15, -0.1) is 0 Å². The molecule has 0 saturated carbocycles. The molecule has 9 heteroatoms. The molecule has 0 aliphatic carbocycles. The molecule has 28 heavy (non-hydrogen) atoms. The first-order chi connectivity index (χ1) is 13.3. The number of nitrogens with two attached hydrogens (primary N) is 1. The Labute approximate surface area is 171 Å². The molecule has 0 aromatic heterocycles. The van der Waals surface area contributed by atoms with Gasteiger partial charge < -0.3 is 10.6 Å². The normalized spacial score (nSPS) is 19.5. The highest BCUT2D eigenvalue weighted by molar-refractivity contribution is 8.26. The fraction of sp³-hybridized carbons (Fsp3) is 0.368. The zero-order valence-electron chi connectivity index (χ0n) is 15.1. The lowest BCUT2D eigenvalue weighted by Gasteiger charge is -2.31. The number of nitrogens with zero attached hydrogens (tertiary/aromatic N) is 2. The summed E-state index contributed by atoms with van der Waals surface area (Å²) in [5.41, 5.74) is 6.01. The monoisotopic (exact) mass is 421 g/mol. The average molecular weight is 422 g/mol. The third-order valence-corrected chi connectivity index (χ3v) is 6.22. The van der Waals surface area contributed by atoms with Gasteiger partial charge in [0.25, 0.3) is 5.91 Å². The van der Waals surface area contributed by atoms with Crippen molar-refractivity contribution in [3.8, 4) is 0 Å². The molecule has 0 radical (unpaired) electrons. The number of piperidine rings is 1. The van der Waals surface area contributed by atoms with Crippen LogP contribution in [0.15, 0.2) is 29.2 Å². The lowest BCUT2D eigenvalue weighted by atomic mass is 9.96. The van der Waals surface area contributed by atoms with Gasteiger partial charge in [-0.3, -0.25) is 19.3 Å². The number of rotatable bonds is 5. The van der Waals surface area contributed by atoms with Gasteiger partial charge >= 0.3 is 0 Å². The zero-order valence-corrected chi connectivity index (χ0v) is 16.7. The van der Waals surface area contributed by atoms with Crippen LogP contribution >= 0.6 is 24.0 Å². The highest BCUT2D eigenvalue weighted by Crippen LogP contribution is 2.32. The SMILES string of the molecule is NC(=O)C1CCN(C(=O)CCN2C(=O)/C(=C/c3ccc(F)cc3)SC2=S)CC1. The number of carbonyl (C=O) groups is 3. The molecule has 1 aromatic rings. The lowest BCUT2D eigenvalue weighted by Crippen LogP contribution is -2.43. The molecule has 148 valence electrons. The second-order valence-electron chi connectivity index (χ2n) is 6.69. The predicted molar refractivity (Wildman–Crippen MR) is 109 cm³/mol. The van der Waals surface area contributed by atoms with E-state index in [1.165, 1.54) is 28.8 Å². The number of amides is 3. The fourth-order valence-electron chi connectivity index (χ4n) is 3.18. The van der Waals surface area contributed by atoms with Crippen LogP contribution in [0.2, 0.25) is 0 Å². The Morgan fingerprint density at radius 1 is 1.25 bits per heavy atom. The summed E-state index contributed by atoms with van der Waals surface area (Å²) in [5.74, 6) is -1.16. The largest absolute Gasteiger partial charge is 0.369 e. The molecule has 2 N–H and O–H groups in total. The van der Waals surface area contributed by atoms with Gasteiger partial charge in [0.15, 0.2) is 0 Å². The summed E-state index contributed by atoms with van der Waals surface area (Å²) in [5, 5.41) is 0. The van der Waals surface area contributed by atoms with Crippen molar-refractivity contribution in [3.63, 3.8) is 0 Å². The number of carbonyl (C=O) groups excluding carboxylic acids is 3. The van der Waals surface area contributed by atoms with E-state index >= 15 is 0 Å². The molecule has 0 bridgehead atoms. The summed E-state index contributed by atoms with van der Waals surface area (Å²) in [7, 11) is 0. The molecule has 1 aromatic carbocycles. The van der Waals surface area contributed by atoms with Crippen LogP contribution in [0.5, 0.6) is 0 Å². The number of hydrogen-bond acceptors (Lipinski definition) is 5. The smallest absolute Gasteiger partial charge is 0.266 e. The Morgan fingerprint density at radius 2 is 1.89 bits per heavy atom. The van der Waals surface area contributed by atoms with E-state index < -0.39 is 0 Å². The molecule has 0 spiro atoms. The van der Waals surface area contributed by atoms with Crippen LogP contribution in [0.3, 0.4) is 0 Å². The van der Waals surface area contributed by atoms with E-state index in [1.807, 2.05) is 0 Å². The van der Waals surface area contributed by atoms with Gasteiger partial charge in [0, 0.05) is 32.0 Å². The van der Waals surface area contributed by atoms with E-state index in [0.29, 0.717) is 40.7 Å². The lowest BCUT2D eigenvalue weighted by molar-refractivity contribution is -0.135. The first-order valence-corrected chi connectivity index (χ1v) is 10.2. The predicted octanol–water partition coefficient (Wildman–Crippen LogP) is 2.14. The minimum Gasteiger partial charge on any atom is -0.369 e. The van der Waals surface area contributed by atoms with E-state index in [0.717, 1.165) is 0 Å². The molecule has 2 aliphatic rings. The molecule has 0 atom stereocenters. The van der Waals surface area contributed by atoms with Crippen molar-refractivity contribution in [3.05, 3.63) is 40.6 Å². The van der Waals surface area contributed by atoms with Gasteiger partial charge in [0.2, 0.25) is 11.8 Å². The van der Waals surface area contributed by atoms with Crippen LogP contribution in [0.25, 0.3) is 6.08 Å². The minimum atomic E-state index is -0.344. The number of thioether (sulfide) groups is 1. The van der Waals surface area contributed by atoms with Gasteiger partial charge in [-0.25, -0.2) is 4.39 Å². The van der Waals surface area contributed by atoms with Gasteiger partial charge in [-0.2, -0.15) is 0 Å². The topological polar surface area (TPSA) is 83.7 Å². The maximum atomic E-state index is 13.0. The van der Waals surface area contributed by atoms with Crippen molar-refractivity contribution in [1.82, 2.24) is 9.80 Å². The van der Waals surface area contributed by atoms with E-state index in [9.17, 15) is 18.8 Å². The standard InChI is InChI=1S/C19H20FN3O3S2/c20-14-3-1-12(2-4-14)11-15-18(26)23(19(27)28-15)10-7-16(24)22-8-5-13(6-9-22)17(21)25/h1-4,11,13H,5-10H2,(H2,21,25)/b15-11-. The van der Waals surface area contributed by atoms with Gasteiger partial charge in [-0.05, 0) is 36.6 Å². The Hall–Kier alpha value is -2.26. The number of thiocarbonyl (C=S) groups is 1. The van der Waals surface area contributed by atoms with Gasteiger partial charge in [0.05, 0.1) is 4.91 Å². The maximum Gasteiger partial charge on any atom is 0.266 e. The van der Waals surface area contributed by atoms with E-state index in [2.05, 4.69) is 0 Å². The van der Waals surface area contributed by atoms with E-state index in [4.69, 9.17) is 18.0 Å². The van der Waals surface area contributed by atoms with E-state index in [1.54, 1.807) is 23.1 Å². The summed E-state index contributed by atoms with van der Waals surface area (Å²) < 4.78 is 13.4. The number of benzene rings is 1. The van der Waals surface area contributed by atoms with Crippen molar-refractivity contribution in [2.45, 2.75) is 19.3 Å². The average Bonchev–Trinajstić information content (AvgIpc) is 2.94. The van der Waals surface area contributed by atoms with Crippen LogP contribution < -0.4 is 5.73 Å².